The molecule has 4 nitrogen and oxygen atoms in total. The summed E-state index contributed by atoms with van der Waals surface area (Å²) in [5.41, 5.74) is 10.7. The van der Waals surface area contributed by atoms with Crippen LogP contribution in [-0.4, -0.2) is 23.4 Å². The van der Waals surface area contributed by atoms with Crippen molar-refractivity contribution in [2.24, 2.45) is 5.73 Å². The van der Waals surface area contributed by atoms with Gasteiger partial charge in [-0.1, -0.05) is 18.2 Å². The molecule has 30 heavy (non-hydrogen) atoms. The minimum Gasteiger partial charge on any atom is -0.369 e. The van der Waals surface area contributed by atoms with Gasteiger partial charge in [0.25, 0.3) is 5.92 Å². The number of amides is 1. The predicted molar refractivity (Wildman–Crippen MR) is 109 cm³/mol. The Morgan fingerprint density at radius 3 is 2.83 bits per heavy atom. The van der Waals surface area contributed by atoms with Gasteiger partial charge < -0.3 is 16.0 Å². The lowest BCUT2D eigenvalue weighted by Crippen LogP contribution is -2.25. The number of primary amides is 1. The number of aromatic nitrogens is 1. The number of hydrogen-bond acceptors (Lipinski definition) is 2. The average molecular weight is 413 g/mol. The van der Waals surface area contributed by atoms with E-state index in [1.54, 1.807) is 0 Å². The number of alkyl halides is 2. The van der Waals surface area contributed by atoms with Crippen LogP contribution < -0.4 is 11.1 Å². The fraction of sp³-hybridized carbons (Fsp3) is 0.348. The van der Waals surface area contributed by atoms with Gasteiger partial charge in [-0.05, 0) is 53.3 Å². The van der Waals surface area contributed by atoms with Crippen molar-refractivity contribution in [2.75, 3.05) is 6.54 Å². The fourth-order valence-corrected chi connectivity index (χ4v) is 4.94. The standard InChI is InChI=1S/C23H22F3N3O/c24-17-8-13(9-19(27)30)22-21(16-10-23(25,26)6-4-18(16)29-22)20(17)15-3-1-2-12-11-28-7-5-14(12)15/h1-3,8,28-29H,4-7,9-11H2,(H2,27,30). The summed E-state index contributed by atoms with van der Waals surface area (Å²) < 4.78 is 44.2. The molecule has 7 heteroatoms. The van der Waals surface area contributed by atoms with Crippen molar-refractivity contribution in [3.05, 3.63) is 58.0 Å². The molecule has 1 aliphatic carbocycles. The Kier molecular flexibility index (Phi) is 4.39. The first-order valence-electron chi connectivity index (χ1n) is 10.2. The van der Waals surface area contributed by atoms with Crippen LogP contribution in [0, 0.1) is 5.82 Å². The summed E-state index contributed by atoms with van der Waals surface area (Å²) in [5, 5.41) is 3.77. The molecule has 0 bridgehead atoms. The molecule has 1 aliphatic heterocycles. The van der Waals surface area contributed by atoms with E-state index in [1.807, 2.05) is 18.2 Å². The highest BCUT2D eigenvalue weighted by Gasteiger charge is 2.37. The Morgan fingerprint density at radius 1 is 1.20 bits per heavy atom. The largest absolute Gasteiger partial charge is 0.369 e. The van der Waals surface area contributed by atoms with Crippen molar-refractivity contribution in [1.82, 2.24) is 10.3 Å². The normalized spacial score (nSPS) is 17.6. The lowest BCUT2D eigenvalue weighted by molar-refractivity contribution is -0.117. The zero-order valence-corrected chi connectivity index (χ0v) is 16.4. The molecule has 3 aromatic rings. The van der Waals surface area contributed by atoms with Crippen molar-refractivity contribution < 1.29 is 18.0 Å². The van der Waals surface area contributed by atoms with E-state index in [0.29, 0.717) is 39.8 Å². The molecule has 0 saturated heterocycles. The Labute approximate surface area is 171 Å². The van der Waals surface area contributed by atoms with Crippen molar-refractivity contribution in [3.8, 4) is 11.1 Å². The Balaban J connectivity index is 1.84. The van der Waals surface area contributed by atoms with Crippen LogP contribution in [0.25, 0.3) is 22.0 Å². The number of carbonyl (C=O) groups is 1. The van der Waals surface area contributed by atoms with Crippen LogP contribution in [0.5, 0.6) is 0 Å². The number of rotatable bonds is 3. The van der Waals surface area contributed by atoms with Crippen LogP contribution >= 0.6 is 0 Å². The maximum absolute atomic E-state index is 15.6. The molecule has 156 valence electrons. The lowest BCUT2D eigenvalue weighted by atomic mass is 9.85. The number of halogens is 3. The Hall–Kier alpha value is -2.80. The van der Waals surface area contributed by atoms with Gasteiger partial charge in [0.15, 0.2) is 0 Å². The first-order valence-corrected chi connectivity index (χ1v) is 10.2. The molecule has 2 aliphatic rings. The SMILES string of the molecule is NC(=O)Cc1cc(F)c(-c2cccc3c2CCNC3)c2c3c([nH]c12)CCC(F)(F)C3. The number of hydrogen-bond donors (Lipinski definition) is 3. The molecule has 0 atom stereocenters. The maximum atomic E-state index is 15.6. The van der Waals surface area contributed by atoms with Gasteiger partial charge in [0.2, 0.25) is 5.91 Å². The monoisotopic (exact) mass is 413 g/mol. The van der Waals surface area contributed by atoms with E-state index in [4.69, 9.17) is 5.73 Å². The number of benzene rings is 2. The zero-order valence-electron chi connectivity index (χ0n) is 16.4. The van der Waals surface area contributed by atoms with Gasteiger partial charge in [-0.2, -0.15) is 0 Å². The Morgan fingerprint density at radius 2 is 2.03 bits per heavy atom. The molecule has 5 rings (SSSR count). The number of nitrogens with one attached hydrogen (secondary N) is 2. The first-order chi connectivity index (χ1) is 14.3. The maximum Gasteiger partial charge on any atom is 0.252 e. The highest BCUT2D eigenvalue weighted by atomic mass is 19.3. The van der Waals surface area contributed by atoms with Gasteiger partial charge in [0, 0.05) is 36.0 Å². The van der Waals surface area contributed by atoms with Crippen LogP contribution in [0.4, 0.5) is 13.2 Å². The lowest BCUT2D eigenvalue weighted by Gasteiger charge is -2.24. The molecule has 2 heterocycles. The van der Waals surface area contributed by atoms with E-state index >= 15 is 4.39 Å². The summed E-state index contributed by atoms with van der Waals surface area (Å²) in [6.45, 7) is 1.47. The molecule has 1 aromatic heterocycles. The summed E-state index contributed by atoms with van der Waals surface area (Å²) in [7, 11) is 0. The van der Waals surface area contributed by atoms with Crippen LogP contribution in [0.1, 0.15) is 34.4 Å². The van der Waals surface area contributed by atoms with E-state index in [2.05, 4.69) is 10.3 Å². The second-order valence-corrected chi connectivity index (χ2v) is 8.27. The van der Waals surface area contributed by atoms with Gasteiger partial charge in [-0.3, -0.25) is 4.79 Å². The van der Waals surface area contributed by atoms with Crippen LogP contribution in [-0.2, 0) is 37.0 Å². The van der Waals surface area contributed by atoms with E-state index in [0.717, 1.165) is 29.7 Å². The van der Waals surface area contributed by atoms with E-state index in [1.165, 1.54) is 6.07 Å². The number of H-pyrrole nitrogens is 1. The minimum atomic E-state index is -2.84. The highest BCUT2D eigenvalue weighted by molar-refractivity contribution is 6.02. The first kappa shape index (κ1) is 19.2. The van der Waals surface area contributed by atoms with Crippen LogP contribution in [0.2, 0.25) is 0 Å². The van der Waals surface area contributed by atoms with E-state index in [9.17, 15) is 13.6 Å². The van der Waals surface area contributed by atoms with Crippen molar-refractivity contribution in [1.29, 1.82) is 0 Å². The molecule has 2 aromatic carbocycles. The third-order valence-electron chi connectivity index (χ3n) is 6.25. The molecule has 1 amide bonds. The second-order valence-electron chi connectivity index (χ2n) is 8.27. The topological polar surface area (TPSA) is 70.9 Å². The molecule has 0 saturated carbocycles. The smallest absolute Gasteiger partial charge is 0.252 e. The quantitative estimate of drug-likeness (QED) is 0.612. The van der Waals surface area contributed by atoms with Gasteiger partial charge >= 0.3 is 0 Å². The fourth-order valence-electron chi connectivity index (χ4n) is 4.94. The number of aryl methyl sites for hydroxylation is 1. The summed E-state index contributed by atoms with van der Waals surface area (Å²) >= 11 is 0. The molecular formula is C23H22F3N3O. The van der Waals surface area contributed by atoms with Crippen molar-refractivity contribution in [2.45, 2.75) is 44.6 Å². The number of carbonyl (C=O) groups excluding carboxylic acids is 1. The molecule has 0 unspecified atom stereocenters. The van der Waals surface area contributed by atoms with E-state index < -0.39 is 24.1 Å². The third kappa shape index (κ3) is 3.08. The van der Waals surface area contributed by atoms with Gasteiger partial charge in [-0.15, -0.1) is 0 Å². The second kappa shape index (κ2) is 6.87. The highest BCUT2D eigenvalue weighted by Crippen LogP contribution is 2.44. The predicted octanol–water partition coefficient (Wildman–Crippen LogP) is 3.77. The van der Waals surface area contributed by atoms with Gasteiger partial charge in [0.1, 0.15) is 5.82 Å². The van der Waals surface area contributed by atoms with Gasteiger partial charge in [-0.25, -0.2) is 13.2 Å². The number of aromatic amines is 1. The number of fused-ring (bicyclic) bond motifs is 4. The third-order valence-corrected chi connectivity index (χ3v) is 6.25. The Bertz CT molecular complexity index is 1180. The summed E-state index contributed by atoms with van der Waals surface area (Å²) in [5.74, 6) is -3.94. The van der Waals surface area contributed by atoms with E-state index in [-0.39, 0.29) is 19.3 Å². The minimum absolute atomic E-state index is 0.152. The molecule has 0 radical (unpaired) electrons. The van der Waals surface area contributed by atoms with Crippen LogP contribution in [0.15, 0.2) is 24.3 Å². The zero-order chi connectivity index (χ0) is 21.0. The summed E-state index contributed by atoms with van der Waals surface area (Å²) in [6.07, 6.45) is 0.0804. The molecule has 0 fully saturated rings. The summed E-state index contributed by atoms with van der Waals surface area (Å²) in [4.78, 5) is 14.8. The number of nitrogens with two attached hydrogens (primary N) is 1. The van der Waals surface area contributed by atoms with Gasteiger partial charge in [0.05, 0.1) is 11.9 Å². The molecule has 4 N–H and O–H groups in total. The van der Waals surface area contributed by atoms with Crippen molar-refractivity contribution >= 4 is 16.8 Å². The molecular weight excluding hydrogens is 391 g/mol. The average Bonchev–Trinajstić information content (AvgIpc) is 3.05. The molecule has 0 spiro atoms. The van der Waals surface area contributed by atoms with Crippen LogP contribution in [0.3, 0.4) is 0 Å². The summed E-state index contributed by atoms with van der Waals surface area (Å²) in [6, 6.07) is 7.05. The van der Waals surface area contributed by atoms with Crippen molar-refractivity contribution in [3.63, 3.8) is 0 Å².